The number of rotatable bonds is 12. The van der Waals surface area contributed by atoms with Crippen LogP contribution in [0.5, 0.6) is 5.75 Å². The number of esters is 2. The molecule has 1 aromatic rings. The van der Waals surface area contributed by atoms with Crippen molar-refractivity contribution in [2.45, 2.75) is 66.4 Å². The van der Waals surface area contributed by atoms with E-state index in [0.717, 1.165) is 36.3 Å². The summed E-state index contributed by atoms with van der Waals surface area (Å²) in [7, 11) is 1.58. The molecule has 37 heavy (non-hydrogen) atoms. The number of anilines is 1. The number of carbonyl (C=O) groups is 3. The van der Waals surface area contributed by atoms with Crippen LogP contribution in [0.15, 0.2) is 11.6 Å². The van der Waals surface area contributed by atoms with E-state index >= 15 is 0 Å². The molecule has 1 saturated heterocycles. The first-order valence-corrected chi connectivity index (χ1v) is 13.3. The molecule has 2 aliphatic rings. The molecule has 9 heteroatoms. The SMILES string of the molecule is CCN(CC)C(=O)Nc1c(C/C=C(\C)CCC(=O)OCCN2CCCC2)c(OC)c(C)c2c1C(=O)OC2. The number of urea groups is 1. The van der Waals surface area contributed by atoms with E-state index in [1.165, 1.54) is 12.8 Å². The van der Waals surface area contributed by atoms with Gasteiger partial charge in [0.2, 0.25) is 0 Å². The lowest BCUT2D eigenvalue weighted by molar-refractivity contribution is -0.143. The lowest BCUT2D eigenvalue weighted by atomic mass is 9.93. The summed E-state index contributed by atoms with van der Waals surface area (Å²) in [6.07, 6.45) is 5.74. The predicted molar refractivity (Wildman–Crippen MR) is 142 cm³/mol. The number of hydrogen-bond acceptors (Lipinski definition) is 7. The first-order valence-electron chi connectivity index (χ1n) is 13.3. The van der Waals surface area contributed by atoms with Gasteiger partial charge in [-0.2, -0.15) is 0 Å². The molecule has 1 fully saturated rings. The number of allylic oxidation sites excluding steroid dienone is 2. The summed E-state index contributed by atoms with van der Waals surface area (Å²) in [5, 5.41) is 2.96. The molecule has 0 atom stereocenters. The highest BCUT2D eigenvalue weighted by Gasteiger charge is 2.33. The van der Waals surface area contributed by atoms with Crippen molar-refractivity contribution in [2.24, 2.45) is 0 Å². The third-order valence-electron chi connectivity index (χ3n) is 7.21. The molecule has 9 nitrogen and oxygen atoms in total. The van der Waals surface area contributed by atoms with E-state index in [-0.39, 0.29) is 18.6 Å². The maximum Gasteiger partial charge on any atom is 0.341 e. The molecular weight excluding hydrogens is 474 g/mol. The highest BCUT2D eigenvalue weighted by Crippen LogP contribution is 2.41. The molecule has 2 heterocycles. The van der Waals surface area contributed by atoms with Gasteiger partial charge in [0.15, 0.2) is 0 Å². The maximum absolute atomic E-state index is 13.0. The number of amides is 2. The summed E-state index contributed by atoms with van der Waals surface area (Å²) in [4.78, 5) is 41.8. The second-order valence-corrected chi connectivity index (χ2v) is 9.57. The van der Waals surface area contributed by atoms with E-state index in [1.54, 1.807) is 12.0 Å². The van der Waals surface area contributed by atoms with Crippen LogP contribution in [-0.4, -0.2) is 74.2 Å². The fourth-order valence-corrected chi connectivity index (χ4v) is 4.93. The predicted octanol–water partition coefficient (Wildman–Crippen LogP) is 4.46. The van der Waals surface area contributed by atoms with E-state index in [4.69, 9.17) is 14.2 Å². The van der Waals surface area contributed by atoms with E-state index in [0.29, 0.717) is 61.5 Å². The monoisotopic (exact) mass is 515 g/mol. The Bertz CT molecular complexity index is 1030. The second kappa shape index (κ2) is 13.5. The normalized spacial score (nSPS) is 15.4. The van der Waals surface area contributed by atoms with E-state index in [2.05, 4.69) is 10.2 Å². The van der Waals surface area contributed by atoms with Crippen molar-refractivity contribution >= 4 is 23.7 Å². The molecule has 1 aromatic carbocycles. The fraction of sp³-hybridized carbons (Fsp3) is 0.607. The molecule has 0 radical (unpaired) electrons. The summed E-state index contributed by atoms with van der Waals surface area (Å²) in [6.45, 7) is 12.3. The average Bonchev–Trinajstić information content (AvgIpc) is 3.54. The van der Waals surface area contributed by atoms with Crippen molar-refractivity contribution in [3.05, 3.63) is 33.9 Å². The number of likely N-dealkylation sites (tertiary alicyclic amines) is 1. The Labute approximate surface area is 220 Å². The third-order valence-corrected chi connectivity index (χ3v) is 7.21. The molecule has 0 aliphatic carbocycles. The molecular formula is C28H41N3O6. The number of nitrogens with zero attached hydrogens (tertiary/aromatic N) is 2. The van der Waals surface area contributed by atoms with Gasteiger partial charge in [-0.1, -0.05) is 11.6 Å². The van der Waals surface area contributed by atoms with Gasteiger partial charge in [0.25, 0.3) is 0 Å². The molecule has 204 valence electrons. The van der Waals surface area contributed by atoms with Crippen molar-refractivity contribution in [1.82, 2.24) is 9.80 Å². The smallest absolute Gasteiger partial charge is 0.341 e. The number of fused-ring (bicyclic) bond motifs is 1. The summed E-state index contributed by atoms with van der Waals surface area (Å²) in [5.41, 5.74) is 4.11. The van der Waals surface area contributed by atoms with E-state index in [9.17, 15) is 14.4 Å². The number of cyclic esters (lactones) is 1. The van der Waals surface area contributed by atoms with Gasteiger partial charge in [-0.05, 0) is 72.0 Å². The summed E-state index contributed by atoms with van der Waals surface area (Å²) < 4.78 is 16.5. The number of hydrogen-bond donors (Lipinski definition) is 1. The molecule has 0 spiro atoms. The zero-order chi connectivity index (χ0) is 26.9. The van der Waals surface area contributed by atoms with E-state index in [1.807, 2.05) is 33.8 Å². The highest BCUT2D eigenvalue weighted by atomic mass is 16.5. The van der Waals surface area contributed by atoms with Crippen LogP contribution in [0.2, 0.25) is 0 Å². The van der Waals surface area contributed by atoms with Gasteiger partial charge in [0.1, 0.15) is 19.0 Å². The average molecular weight is 516 g/mol. The Morgan fingerprint density at radius 3 is 2.51 bits per heavy atom. The standard InChI is InChI=1S/C28H41N3O6/c1-6-31(7-2)28(34)29-25-21(26(35-5)20(4)22-18-37-27(33)24(22)25)12-10-19(3)11-13-23(32)36-17-16-30-14-8-9-15-30/h10H,6-9,11-18H2,1-5H3,(H,29,34)/b19-10+. The maximum atomic E-state index is 13.0. The van der Waals surface area contributed by atoms with Crippen molar-refractivity contribution in [1.29, 1.82) is 0 Å². The molecule has 0 aromatic heterocycles. The summed E-state index contributed by atoms with van der Waals surface area (Å²) in [5.74, 6) is -0.0284. The van der Waals surface area contributed by atoms with Gasteiger partial charge in [-0.25, -0.2) is 9.59 Å². The lowest BCUT2D eigenvalue weighted by Crippen LogP contribution is -2.35. The Balaban J connectivity index is 1.74. The molecule has 1 N–H and O–H groups in total. The molecule has 2 aliphatic heterocycles. The highest BCUT2D eigenvalue weighted by molar-refractivity contribution is 6.05. The van der Waals surface area contributed by atoms with Crippen LogP contribution in [0, 0.1) is 6.92 Å². The third kappa shape index (κ3) is 7.03. The van der Waals surface area contributed by atoms with Crippen molar-refractivity contribution < 1.29 is 28.6 Å². The van der Waals surface area contributed by atoms with Crippen LogP contribution < -0.4 is 10.1 Å². The summed E-state index contributed by atoms with van der Waals surface area (Å²) >= 11 is 0. The summed E-state index contributed by atoms with van der Waals surface area (Å²) in [6, 6.07) is -0.281. The zero-order valence-corrected chi connectivity index (χ0v) is 22.9. The van der Waals surface area contributed by atoms with Crippen molar-refractivity contribution in [3.8, 4) is 5.75 Å². The number of carbonyl (C=O) groups excluding carboxylic acids is 3. The molecule has 3 rings (SSSR count). The van der Waals surface area contributed by atoms with Crippen molar-refractivity contribution in [3.63, 3.8) is 0 Å². The first kappa shape index (κ1) is 28.5. The quantitative estimate of drug-likeness (QED) is 0.324. The Kier molecular flexibility index (Phi) is 10.4. The van der Waals surface area contributed by atoms with Gasteiger partial charge in [0.05, 0.1) is 18.4 Å². The lowest BCUT2D eigenvalue weighted by Gasteiger charge is -2.23. The van der Waals surface area contributed by atoms with Crippen LogP contribution >= 0.6 is 0 Å². The van der Waals surface area contributed by atoms with Gasteiger partial charge in [-0.3, -0.25) is 9.69 Å². The second-order valence-electron chi connectivity index (χ2n) is 9.57. The first-order chi connectivity index (χ1) is 17.8. The van der Waals surface area contributed by atoms with Crippen LogP contribution in [0.25, 0.3) is 0 Å². The largest absolute Gasteiger partial charge is 0.496 e. The molecule has 0 unspecified atom stereocenters. The van der Waals surface area contributed by atoms with Gasteiger partial charge in [0, 0.05) is 37.2 Å². The Morgan fingerprint density at radius 1 is 1.16 bits per heavy atom. The van der Waals surface area contributed by atoms with Crippen LogP contribution in [0.3, 0.4) is 0 Å². The number of methoxy groups -OCH3 is 1. The van der Waals surface area contributed by atoms with Crippen LogP contribution in [-0.2, 0) is 27.3 Å². The van der Waals surface area contributed by atoms with Gasteiger partial charge < -0.3 is 24.4 Å². The molecule has 2 amide bonds. The fourth-order valence-electron chi connectivity index (χ4n) is 4.93. The number of benzene rings is 1. The zero-order valence-electron chi connectivity index (χ0n) is 22.9. The van der Waals surface area contributed by atoms with Crippen molar-refractivity contribution in [2.75, 3.05) is 51.8 Å². The number of nitrogens with one attached hydrogen (secondary N) is 1. The molecule has 0 saturated carbocycles. The van der Waals surface area contributed by atoms with Crippen LogP contribution in [0.1, 0.15) is 73.5 Å². The minimum absolute atomic E-state index is 0.152. The topological polar surface area (TPSA) is 97.4 Å². The van der Waals surface area contributed by atoms with Gasteiger partial charge in [-0.15, -0.1) is 0 Å². The van der Waals surface area contributed by atoms with Gasteiger partial charge >= 0.3 is 18.0 Å². The minimum atomic E-state index is -0.450. The number of ether oxygens (including phenoxy) is 3. The Hall–Kier alpha value is -3.07. The Morgan fingerprint density at radius 2 is 1.86 bits per heavy atom. The van der Waals surface area contributed by atoms with Crippen LogP contribution in [0.4, 0.5) is 10.5 Å². The molecule has 0 bridgehead atoms. The van der Waals surface area contributed by atoms with E-state index < -0.39 is 5.97 Å². The minimum Gasteiger partial charge on any atom is -0.496 e.